The number of ether oxygens (including phenoxy) is 3. The summed E-state index contributed by atoms with van der Waals surface area (Å²) >= 11 is 0. The van der Waals surface area contributed by atoms with Crippen molar-refractivity contribution in [2.75, 3.05) is 39.6 Å². The van der Waals surface area contributed by atoms with Gasteiger partial charge in [0.25, 0.3) is 0 Å². The van der Waals surface area contributed by atoms with Crippen LogP contribution < -0.4 is 0 Å². The lowest BCUT2D eigenvalue weighted by Crippen LogP contribution is -2.30. The van der Waals surface area contributed by atoms with Gasteiger partial charge in [-0.15, -0.1) is 0 Å². The third-order valence-electron chi connectivity index (χ3n) is 19.3. The highest BCUT2D eigenvalue weighted by Crippen LogP contribution is 2.45. The normalized spacial score (nSPS) is 14.6. The lowest BCUT2D eigenvalue weighted by molar-refractivity contribution is -0.161. The summed E-state index contributed by atoms with van der Waals surface area (Å²) < 4.78 is 61.5. The van der Waals surface area contributed by atoms with Crippen LogP contribution in [0.2, 0.25) is 0 Å². The van der Waals surface area contributed by atoms with Crippen LogP contribution in [0.15, 0.2) is 194 Å². The van der Waals surface area contributed by atoms with Crippen LogP contribution in [0, 0.1) is 0 Å². The first-order valence-corrected chi connectivity index (χ1v) is 49.7. The zero-order chi connectivity index (χ0) is 86.5. The van der Waals surface area contributed by atoms with Gasteiger partial charge in [0.2, 0.25) is 0 Å². The van der Waals surface area contributed by atoms with Crippen LogP contribution in [0.3, 0.4) is 0 Å². The number of hydrogen-bond acceptors (Lipinski definition) is 14. The van der Waals surface area contributed by atoms with Crippen LogP contribution in [0.5, 0.6) is 0 Å². The molecule has 5 atom stereocenters. The predicted molar refractivity (Wildman–Crippen MR) is 500 cm³/mol. The van der Waals surface area contributed by atoms with E-state index in [4.69, 9.17) is 32.3 Å². The summed E-state index contributed by atoms with van der Waals surface area (Å²) in [5.41, 5.74) is 0. The average Bonchev–Trinajstić information content (AvgIpc) is 0.911. The summed E-state index contributed by atoms with van der Waals surface area (Å²) in [5.74, 6) is -1.61. The molecule has 0 bridgehead atoms. The number of esters is 3. The molecule has 0 aromatic rings. The van der Waals surface area contributed by atoms with Crippen molar-refractivity contribution >= 4 is 33.6 Å². The minimum atomic E-state index is -4.96. The van der Waals surface area contributed by atoms with Crippen molar-refractivity contribution in [3.8, 4) is 0 Å². The van der Waals surface area contributed by atoms with Crippen LogP contribution in [-0.2, 0) is 55.8 Å². The number of unbranched alkanes of at least 4 members (excludes halogenated alkanes) is 32. The van der Waals surface area contributed by atoms with E-state index in [0.717, 1.165) is 180 Å². The Balaban J connectivity index is 4.63. The van der Waals surface area contributed by atoms with Crippen LogP contribution in [0.25, 0.3) is 0 Å². The second-order valence-corrected chi connectivity index (χ2v) is 33.6. The zero-order valence-corrected chi connectivity index (χ0v) is 76.5. The highest BCUT2D eigenvalue weighted by Gasteiger charge is 2.29. The Morgan fingerprint density at radius 3 is 0.706 bits per heavy atom. The fourth-order valence-electron chi connectivity index (χ4n) is 12.3. The molecule has 0 fully saturated rings. The number of hydrogen-bond donors (Lipinski definition) is 4. The summed E-state index contributed by atoms with van der Waals surface area (Å²) in [6.45, 7) is 2.42. The molecule has 0 radical (unpaired) electrons. The summed E-state index contributed by atoms with van der Waals surface area (Å²) in [7, 11) is -9.83. The maximum Gasteiger partial charge on any atom is 0.472 e. The lowest BCUT2D eigenvalue weighted by Gasteiger charge is -2.21. The van der Waals surface area contributed by atoms with Crippen molar-refractivity contribution in [3.63, 3.8) is 0 Å². The van der Waals surface area contributed by atoms with Crippen LogP contribution >= 0.6 is 15.6 Å². The summed E-state index contributed by atoms with van der Waals surface area (Å²) in [5, 5.41) is 20.7. The minimum absolute atomic E-state index is 0.0680. The molecule has 0 aromatic carbocycles. The van der Waals surface area contributed by atoms with Crippen LogP contribution in [-0.4, -0.2) is 95.9 Å². The molecule has 0 aliphatic rings. The maximum absolute atomic E-state index is 13.1. The zero-order valence-electron chi connectivity index (χ0n) is 74.7. The molecule has 119 heavy (non-hydrogen) atoms. The molecular formula is C101H168O16P2. The molecule has 678 valence electrons. The number of carbonyl (C=O) groups is 3. The second kappa shape index (κ2) is 91.6. The quantitative estimate of drug-likeness (QED) is 0.0146. The van der Waals surface area contributed by atoms with E-state index in [9.17, 15) is 43.5 Å². The largest absolute Gasteiger partial charge is 0.472 e. The van der Waals surface area contributed by atoms with Gasteiger partial charge in [-0.25, -0.2) is 9.13 Å². The van der Waals surface area contributed by atoms with Gasteiger partial charge in [-0.3, -0.25) is 32.5 Å². The Hall–Kier alpha value is -5.61. The van der Waals surface area contributed by atoms with Crippen molar-refractivity contribution in [2.24, 2.45) is 0 Å². The fraction of sp³-hybridized carbons (Fsp3) is 0.653. The second-order valence-electron chi connectivity index (χ2n) is 30.7. The van der Waals surface area contributed by atoms with Gasteiger partial charge >= 0.3 is 33.6 Å². The van der Waals surface area contributed by atoms with E-state index < -0.39 is 91.5 Å². The third-order valence-corrected chi connectivity index (χ3v) is 21.2. The highest BCUT2D eigenvalue weighted by atomic mass is 31.2. The minimum Gasteiger partial charge on any atom is -0.463 e. The Bertz CT molecular complexity index is 2940. The van der Waals surface area contributed by atoms with Gasteiger partial charge in [0.15, 0.2) is 6.10 Å². The smallest absolute Gasteiger partial charge is 0.463 e. The van der Waals surface area contributed by atoms with Gasteiger partial charge in [-0.05, 0) is 167 Å². The first kappa shape index (κ1) is 113. The molecule has 0 saturated carbocycles. The number of rotatable bonds is 87. The SMILES string of the molecule is CC/C=C\C/C=C\C/C=C\C/C=C\C/C=C\C/C=C\CCCCCCCCCCCCCCCCC(=O)OCC(O)COP(=O)(O)OCC(O)COP(=O)(O)OCC(COC(=O)CCCCCCCCCCCCC/C=C\C/C=C\C/C=C\C/C=C\CCCCC)OC(=O)CCCCCC/C=C\C/C=C\C/C=C\C/C=C\C/C=C\C/C=C\CC. The van der Waals surface area contributed by atoms with E-state index in [1.807, 2.05) is 0 Å². The van der Waals surface area contributed by atoms with Crippen molar-refractivity contribution in [3.05, 3.63) is 194 Å². The summed E-state index contributed by atoms with van der Waals surface area (Å²) in [6, 6.07) is 0. The maximum atomic E-state index is 13.1. The molecule has 0 amide bonds. The van der Waals surface area contributed by atoms with Gasteiger partial charge in [0.1, 0.15) is 25.4 Å². The van der Waals surface area contributed by atoms with E-state index in [0.29, 0.717) is 19.3 Å². The van der Waals surface area contributed by atoms with Crippen LogP contribution in [0.4, 0.5) is 0 Å². The number of aliphatic hydroxyl groups is 2. The van der Waals surface area contributed by atoms with Crippen LogP contribution in [0.1, 0.15) is 367 Å². The van der Waals surface area contributed by atoms with E-state index in [1.54, 1.807) is 0 Å². The van der Waals surface area contributed by atoms with Crippen molar-refractivity contribution in [1.82, 2.24) is 0 Å². The van der Waals surface area contributed by atoms with Gasteiger partial charge in [0.05, 0.1) is 26.4 Å². The highest BCUT2D eigenvalue weighted by molar-refractivity contribution is 7.47. The van der Waals surface area contributed by atoms with Crippen molar-refractivity contribution in [2.45, 2.75) is 386 Å². The molecular weight excluding hydrogens is 1530 g/mol. The first-order valence-electron chi connectivity index (χ1n) is 46.7. The Morgan fingerprint density at radius 2 is 0.445 bits per heavy atom. The number of allylic oxidation sites excluding steroid dienone is 32. The molecule has 0 heterocycles. The standard InChI is InChI=1S/C101H168O16P2/c1-4-7-10-13-16-19-22-25-28-31-34-37-40-42-44-45-46-47-48-49-51-53-55-57-60-63-66-69-72-75-78-81-84-87-99(104)111-90-96(102)91-113-118(107,108)114-92-97(103)93-115-119(109,110)116-95-98(117-101(106)89-86-83-80-77-74-71-68-65-62-59-54-39-36-33-30-27-24-21-18-15-12-9-6-3)94-112-100(105)88-85-82-79-76-73-70-67-64-61-58-56-52-50-43-41-38-35-32-29-26-23-20-17-14-11-8-5-2/h7,9-10,12,16-21,25-30,34-39,42-44,46-47,50,59,62,68,71,96-98,102-103H,4-6,8,11,13-15,22-24,31-33,40-41,45,48-49,51-58,60-61,63-67,69-70,72-95H2,1-3H3,(H,107,108)(H,109,110)/b10-7-,12-9-,19-16-,20-17-,21-18-,28-25-,29-26-,30-27-,37-34-,38-35-,39-36-,44-42-,47-46-,50-43-,62-59-,71-68-. The van der Waals surface area contributed by atoms with Crippen molar-refractivity contribution in [1.29, 1.82) is 0 Å². The molecule has 16 nitrogen and oxygen atoms in total. The number of phosphoric acid groups is 2. The van der Waals surface area contributed by atoms with Gasteiger partial charge in [-0.1, -0.05) is 376 Å². The van der Waals surface area contributed by atoms with Crippen molar-refractivity contribution < 1.29 is 75.8 Å². The van der Waals surface area contributed by atoms with E-state index in [1.165, 1.54) is 128 Å². The molecule has 0 spiro atoms. The topological polar surface area (TPSA) is 231 Å². The molecule has 0 aliphatic heterocycles. The Morgan fingerprint density at radius 1 is 0.244 bits per heavy atom. The van der Waals surface area contributed by atoms with E-state index in [-0.39, 0.29) is 19.3 Å². The Kier molecular flexibility index (Phi) is 87.3. The average molecular weight is 1700 g/mol. The predicted octanol–water partition coefficient (Wildman–Crippen LogP) is 29.0. The van der Waals surface area contributed by atoms with Gasteiger partial charge in [-0.2, -0.15) is 0 Å². The Labute approximate surface area is 725 Å². The molecule has 5 unspecified atom stereocenters. The van der Waals surface area contributed by atoms with E-state index in [2.05, 4.69) is 215 Å². The van der Waals surface area contributed by atoms with E-state index >= 15 is 0 Å². The van der Waals surface area contributed by atoms with Gasteiger partial charge in [0, 0.05) is 19.3 Å². The molecule has 0 aromatic heterocycles. The number of aliphatic hydroxyl groups excluding tert-OH is 2. The first-order chi connectivity index (χ1) is 58.2. The molecule has 18 heteroatoms. The molecule has 4 N–H and O–H groups in total. The molecule has 0 rings (SSSR count). The third kappa shape index (κ3) is 92.9. The molecule has 0 saturated heterocycles. The number of carbonyl (C=O) groups excluding carboxylic acids is 3. The lowest BCUT2D eigenvalue weighted by atomic mass is 10.0. The molecule has 0 aliphatic carbocycles. The fourth-order valence-corrected chi connectivity index (χ4v) is 13.9. The summed E-state index contributed by atoms with van der Waals surface area (Å²) in [4.78, 5) is 59.0. The summed E-state index contributed by atoms with van der Waals surface area (Å²) in [6.07, 6.45) is 122. The monoisotopic (exact) mass is 1700 g/mol. The number of phosphoric ester groups is 2. The van der Waals surface area contributed by atoms with Gasteiger partial charge < -0.3 is 34.2 Å².